The Bertz CT molecular complexity index is 1100. The van der Waals surface area contributed by atoms with Crippen molar-refractivity contribution in [1.29, 1.82) is 0 Å². The van der Waals surface area contributed by atoms with E-state index in [1.807, 2.05) is 20.8 Å². The topological polar surface area (TPSA) is 63.7 Å². The lowest BCUT2D eigenvalue weighted by Crippen LogP contribution is -2.64. The van der Waals surface area contributed by atoms with Gasteiger partial charge in [0.1, 0.15) is 5.75 Å². The quantitative estimate of drug-likeness (QED) is 0.741. The number of hydrogen-bond acceptors (Lipinski definition) is 4. The third-order valence-electron chi connectivity index (χ3n) is 6.09. The zero-order valence-electron chi connectivity index (χ0n) is 16.2. The predicted octanol–water partition coefficient (Wildman–Crippen LogP) is 3.85. The van der Waals surface area contributed by atoms with Gasteiger partial charge >= 0.3 is 0 Å². The number of amides is 1. The molecule has 0 radical (unpaired) electrons. The fourth-order valence-electron chi connectivity index (χ4n) is 4.16. The molecule has 3 atom stereocenters. The maximum Gasteiger partial charge on any atom is 0.244 e. The second-order valence-electron chi connectivity index (χ2n) is 7.88. The Labute approximate surface area is 170 Å². The van der Waals surface area contributed by atoms with Crippen molar-refractivity contribution in [2.75, 3.05) is 7.05 Å². The summed E-state index contributed by atoms with van der Waals surface area (Å²) in [5, 5.41) is -0.728. The van der Waals surface area contributed by atoms with Crippen molar-refractivity contribution in [2.24, 2.45) is 0 Å². The molecule has 1 fully saturated rings. The van der Waals surface area contributed by atoms with Crippen molar-refractivity contribution in [3.05, 3.63) is 58.1 Å². The molecule has 1 saturated heterocycles. The minimum Gasteiger partial charge on any atom is -0.468 e. The number of sulfone groups is 1. The zero-order valence-corrected chi connectivity index (χ0v) is 17.8. The average Bonchev–Trinajstić information content (AvgIpc) is 2.62. The summed E-state index contributed by atoms with van der Waals surface area (Å²) >= 11 is 6.17. The fourth-order valence-corrected chi connectivity index (χ4v) is 6.33. The van der Waals surface area contributed by atoms with E-state index in [-0.39, 0.29) is 4.90 Å². The van der Waals surface area contributed by atoms with Gasteiger partial charge in [0.2, 0.25) is 5.91 Å². The minimum atomic E-state index is -3.91. The maximum atomic E-state index is 13.6. The van der Waals surface area contributed by atoms with Crippen LogP contribution in [0, 0.1) is 13.8 Å². The van der Waals surface area contributed by atoms with Gasteiger partial charge in [0.05, 0.1) is 4.90 Å². The van der Waals surface area contributed by atoms with Crippen LogP contribution in [0.4, 0.5) is 0 Å². The van der Waals surface area contributed by atoms with Crippen molar-refractivity contribution in [2.45, 2.75) is 49.0 Å². The van der Waals surface area contributed by atoms with E-state index in [1.165, 1.54) is 4.90 Å². The lowest BCUT2D eigenvalue weighted by Gasteiger charge is -2.51. The maximum absolute atomic E-state index is 13.6. The Kier molecular flexibility index (Phi) is 4.28. The highest BCUT2D eigenvalue weighted by atomic mass is 35.5. The molecule has 2 aliphatic rings. The molecule has 0 spiro atoms. The van der Waals surface area contributed by atoms with Gasteiger partial charge in [0.15, 0.2) is 20.8 Å². The third kappa shape index (κ3) is 2.73. The van der Waals surface area contributed by atoms with Crippen LogP contribution < -0.4 is 4.74 Å². The molecule has 1 amide bonds. The normalized spacial score (nSPS) is 26.6. The van der Waals surface area contributed by atoms with Gasteiger partial charge in [0.25, 0.3) is 0 Å². The van der Waals surface area contributed by atoms with Gasteiger partial charge in [-0.1, -0.05) is 17.7 Å². The number of carbonyl (C=O) groups is 1. The molecule has 148 valence electrons. The molecule has 28 heavy (non-hydrogen) atoms. The molecule has 4 rings (SSSR count). The van der Waals surface area contributed by atoms with Crippen LogP contribution in [0.25, 0.3) is 0 Å². The molecule has 7 heteroatoms. The number of aryl methyl sites for hydroxylation is 2. The van der Waals surface area contributed by atoms with Crippen LogP contribution in [0.5, 0.6) is 5.75 Å². The number of carbonyl (C=O) groups excluding carboxylic acids is 1. The summed E-state index contributed by atoms with van der Waals surface area (Å²) in [7, 11) is -2.31. The number of ether oxygens (including phenoxy) is 1. The van der Waals surface area contributed by atoms with Crippen molar-refractivity contribution in [3.8, 4) is 5.75 Å². The summed E-state index contributed by atoms with van der Waals surface area (Å²) in [5.74, 6) is -0.409. The van der Waals surface area contributed by atoms with E-state index in [9.17, 15) is 13.2 Å². The monoisotopic (exact) mass is 419 g/mol. The summed E-state index contributed by atoms with van der Waals surface area (Å²) < 4.78 is 33.3. The SMILES string of the molecule is Cc1ccc(S(=O)(=O)[C@H]2C(=O)N(C)[C@]3(C)C[C@@H]2c2cc(Cl)ccc2O3)cc1C. The molecule has 0 N–H and O–H groups in total. The van der Waals surface area contributed by atoms with Gasteiger partial charge in [0, 0.05) is 30.0 Å². The number of nitrogens with zero attached hydrogens (tertiary/aromatic N) is 1. The zero-order chi connectivity index (χ0) is 20.4. The Morgan fingerprint density at radius 2 is 1.86 bits per heavy atom. The Morgan fingerprint density at radius 3 is 2.54 bits per heavy atom. The number of benzene rings is 2. The number of fused-ring (bicyclic) bond motifs is 4. The molecule has 0 unspecified atom stereocenters. The van der Waals surface area contributed by atoms with Gasteiger partial charge in [-0.2, -0.15) is 0 Å². The molecule has 2 aromatic carbocycles. The first-order chi connectivity index (χ1) is 13.0. The summed E-state index contributed by atoms with van der Waals surface area (Å²) in [5.41, 5.74) is 1.65. The second-order valence-corrected chi connectivity index (χ2v) is 10.4. The number of likely N-dealkylation sites (tertiary alicyclic amines) is 1. The summed E-state index contributed by atoms with van der Waals surface area (Å²) in [6, 6.07) is 10.2. The molecule has 0 aliphatic carbocycles. The Hall–Kier alpha value is -2.05. The minimum absolute atomic E-state index is 0.168. The summed E-state index contributed by atoms with van der Waals surface area (Å²) in [6.07, 6.45) is 0.386. The molecular weight excluding hydrogens is 398 g/mol. The van der Waals surface area contributed by atoms with Crippen LogP contribution in [0.1, 0.15) is 36.0 Å². The van der Waals surface area contributed by atoms with Crippen molar-refractivity contribution in [1.82, 2.24) is 4.90 Å². The molecule has 2 bridgehead atoms. The van der Waals surface area contributed by atoms with E-state index < -0.39 is 32.6 Å². The highest BCUT2D eigenvalue weighted by Crippen LogP contribution is 2.50. The number of hydrogen-bond donors (Lipinski definition) is 0. The van der Waals surface area contributed by atoms with Crippen LogP contribution in [0.2, 0.25) is 5.02 Å². The third-order valence-corrected chi connectivity index (χ3v) is 8.43. The Balaban J connectivity index is 1.91. The van der Waals surface area contributed by atoms with Crippen LogP contribution >= 0.6 is 11.6 Å². The fraction of sp³-hybridized carbons (Fsp3) is 0.381. The van der Waals surface area contributed by atoms with Gasteiger partial charge < -0.3 is 9.64 Å². The first-order valence-corrected chi connectivity index (χ1v) is 11.0. The number of piperidine rings is 1. The summed E-state index contributed by atoms with van der Waals surface area (Å²) in [4.78, 5) is 14.8. The molecule has 5 nitrogen and oxygen atoms in total. The Morgan fingerprint density at radius 1 is 1.14 bits per heavy atom. The van der Waals surface area contributed by atoms with Gasteiger partial charge in [-0.05, 0) is 62.2 Å². The van der Waals surface area contributed by atoms with Gasteiger partial charge in [-0.25, -0.2) is 8.42 Å². The lowest BCUT2D eigenvalue weighted by molar-refractivity contribution is -0.159. The van der Waals surface area contributed by atoms with E-state index in [0.29, 0.717) is 22.8 Å². The summed E-state index contributed by atoms with van der Waals surface area (Å²) in [6.45, 7) is 5.60. The van der Waals surface area contributed by atoms with Gasteiger partial charge in [-0.3, -0.25) is 4.79 Å². The number of halogens is 1. The molecular formula is C21H22ClNO4S. The first kappa shape index (κ1) is 19.3. The van der Waals surface area contributed by atoms with E-state index in [0.717, 1.165) is 11.1 Å². The van der Waals surface area contributed by atoms with E-state index in [4.69, 9.17) is 16.3 Å². The molecule has 2 aliphatic heterocycles. The molecule has 0 saturated carbocycles. The van der Waals surface area contributed by atoms with Crippen LogP contribution in [0.3, 0.4) is 0 Å². The number of rotatable bonds is 2. The largest absolute Gasteiger partial charge is 0.468 e. The van der Waals surface area contributed by atoms with Crippen LogP contribution in [-0.4, -0.2) is 37.2 Å². The first-order valence-electron chi connectivity index (χ1n) is 9.12. The van der Waals surface area contributed by atoms with Crippen molar-refractivity contribution in [3.63, 3.8) is 0 Å². The highest BCUT2D eigenvalue weighted by Gasteiger charge is 2.57. The lowest BCUT2D eigenvalue weighted by atomic mass is 9.80. The standard InChI is InChI=1S/C21H22ClNO4S/c1-12-5-7-15(9-13(12)2)28(25,26)19-17-11-21(3,23(4)20(19)24)27-18-8-6-14(22)10-16(17)18/h5-10,17,19H,11H2,1-4H3/t17-,19-,21+/m1/s1. The van der Waals surface area contributed by atoms with Crippen LogP contribution in [-0.2, 0) is 14.6 Å². The molecule has 2 aromatic rings. The molecule has 0 aromatic heterocycles. The average molecular weight is 420 g/mol. The molecule has 2 heterocycles. The highest BCUT2D eigenvalue weighted by molar-refractivity contribution is 7.92. The van der Waals surface area contributed by atoms with E-state index >= 15 is 0 Å². The van der Waals surface area contributed by atoms with Crippen molar-refractivity contribution < 1.29 is 17.9 Å². The smallest absolute Gasteiger partial charge is 0.244 e. The van der Waals surface area contributed by atoms with E-state index in [1.54, 1.807) is 43.4 Å². The second kappa shape index (κ2) is 6.22. The van der Waals surface area contributed by atoms with Crippen LogP contribution in [0.15, 0.2) is 41.3 Å². The predicted molar refractivity (Wildman–Crippen MR) is 108 cm³/mol. The van der Waals surface area contributed by atoms with E-state index in [2.05, 4.69) is 0 Å². The van der Waals surface area contributed by atoms with Crippen molar-refractivity contribution >= 4 is 27.3 Å². The van der Waals surface area contributed by atoms with Gasteiger partial charge in [-0.15, -0.1) is 0 Å².